The molecule has 0 unspecified atom stereocenters. The second kappa shape index (κ2) is 2.78. The first-order valence-corrected chi connectivity index (χ1v) is 4.44. The first-order chi connectivity index (χ1) is 6.52. The van der Waals surface area contributed by atoms with Crippen molar-refractivity contribution in [2.75, 3.05) is 5.73 Å². The summed E-state index contributed by atoms with van der Waals surface area (Å²) in [6.45, 7) is 1.82. The number of rotatable bonds is 0. The maximum Gasteiger partial charge on any atom is 0.419 e. The summed E-state index contributed by atoms with van der Waals surface area (Å²) < 4.78 is 6.38. The van der Waals surface area contributed by atoms with Gasteiger partial charge in [0.05, 0.1) is 10.5 Å². The molecule has 1 aromatic heterocycles. The van der Waals surface area contributed by atoms with Crippen molar-refractivity contribution in [3.05, 3.63) is 27.2 Å². The van der Waals surface area contributed by atoms with E-state index in [9.17, 15) is 4.79 Å². The zero-order valence-corrected chi connectivity index (χ0v) is 8.55. The Morgan fingerprint density at radius 1 is 1.57 bits per heavy atom. The standard InChI is InChI=1S/C9H9ClN2O2/c1-4-6(11)3-5(10)8-7(4)12(2)9(13)14-8/h3H,11H2,1-2H3. The van der Waals surface area contributed by atoms with Crippen LogP contribution in [-0.2, 0) is 7.05 Å². The third kappa shape index (κ3) is 1.04. The van der Waals surface area contributed by atoms with Crippen molar-refractivity contribution in [1.29, 1.82) is 0 Å². The molecule has 14 heavy (non-hydrogen) atoms. The molecule has 2 N–H and O–H groups in total. The van der Waals surface area contributed by atoms with Gasteiger partial charge in [-0.15, -0.1) is 0 Å². The molecule has 5 heteroatoms. The van der Waals surface area contributed by atoms with E-state index in [4.69, 9.17) is 21.8 Å². The molecule has 0 radical (unpaired) electrons. The van der Waals surface area contributed by atoms with E-state index >= 15 is 0 Å². The summed E-state index contributed by atoms with van der Waals surface area (Å²) in [6.07, 6.45) is 0. The monoisotopic (exact) mass is 212 g/mol. The van der Waals surface area contributed by atoms with Gasteiger partial charge >= 0.3 is 5.76 Å². The molecule has 1 aromatic carbocycles. The number of anilines is 1. The maximum absolute atomic E-state index is 11.3. The molecular weight excluding hydrogens is 204 g/mol. The molecule has 0 spiro atoms. The average molecular weight is 213 g/mol. The Morgan fingerprint density at radius 3 is 2.86 bits per heavy atom. The summed E-state index contributed by atoms with van der Waals surface area (Å²) >= 11 is 5.89. The van der Waals surface area contributed by atoms with Crippen LogP contribution in [0.1, 0.15) is 5.56 Å². The molecule has 0 aliphatic rings. The Bertz CT molecular complexity index is 568. The van der Waals surface area contributed by atoms with Crippen molar-refractivity contribution >= 4 is 28.4 Å². The van der Waals surface area contributed by atoms with Crippen LogP contribution in [0.4, 0.5) is 5.69 Å². The third-order valence-corrected chi connectivity index (χ3v) is 2.58. The molecule has 0 atom stereocenters. The molecule has 74 valence electrons. The summed E-state index contributed by atoms with van der Waals surface area (Å²) in [5.41, 5.74) is 8.13. The van der Waals surface area contributed by atoms with Crippen LogP contribution in [0.15, 0.2) is 15.3 Å². The fourth-order valence-corrected chi connectivity index (χ4v) is 1.72. The number of halogens is 1. The summed E-state index contributed by atoms with van der Waals surface area (Å²) in [7, 11) is 1.62. The van der Waals surface area contributed by atoms with Crippen LogP contribution in [0, 0.1) is 6.92 Å². The fourth-order valence-electron chi connectivity index (χ4n) is 1.48. The Balaban J connectivity index is 3.11. The molecule has 0 fully saturated rings. The van der Waals surface area contributed by atoms with Gasteiger partial charge in [-0.05, 0) is 18.6 Å². The van der Waals surface area contributed by atoms with Crippen LogP contribution in [-0.4, -0.2) is 4.57 Å². The van der Waals surface area contributed by atoms with Gasteiger partial charge in [0.2, 0.25) is 0 Å². The van der Waals surface area contributed by atoms with Crippen molar-refractivity contribution in [3.8, 4) is 0 Å². The van der Waals surface area contributed by atoms with Gasteiger partial charge in [-0.25, -0.2) is 4.79 Å². The van der Waals surface area contributed by atoms with Gasteiger partial charge in [-0.3, -0.25) is 4.57 Å². The molecule has 0 amide bonds. The molecule has 0 aliphatic heterocycles. The molecule has 4 nitrogen and oxygen atoms in total. The molecule has 0 bridgehead atoms. The van der Waals surface area contributed by atoms with Crippen LogP contribution in [0.5, 0.6) is 0 Å². The number of nitrogens with two attached hydrogens (primary N) is 1. The normalized spacial score (nSPS) is 11.1. The van der Waals surface area contributed by atoms with E-state index in [1.165, 1.54) is 4.57 Å². The Kier molecular flexibility index (Phi) is 1.82. The lowest BCUT2D eigenvalue weighted by Crippen LogP contribution is -2.09. The highest BCUT2D eigenvalue weighted by atomic mass is 35.5. The zero-order chi connectivity index (χ0) is 10.5. The summed E-state index contributed by atoms with van der Waals surface area (Å²) in [5, 5.41) is 0.362. The zero-order valence-electron chi connectivity index (χ0n) is 7.80. The van der Waals surface area contributed by atoms with Gasteiger partial charge in [0.15, 0.2) is 5.58 Å². The highest BCUT2D eigenvalue weighted by molar-refractivity contribution is 6.35. The van der Waals surface area contributed by atoms with Crippen molar-refractivity contribution in [2.24, 2.45) is 7.05 Å². The number of aromatic nitrogens is 1. The topological polar surface area (TPSA) is 61.2 Å². The highest BCUT2D eigenvalue weighted by Gasteiger charge is 2.14. The van der Waals surface area contributed by atoms with Gasteiger partial charge in [-0.2, -0.15) is 0 Å². The number of hydrogen-bond donors (Lipinski definition) is 1. The summed E-state index contributed by atoms with van der Waals surface area (Å²) in [6, 6.07) is 1.59. The second-order valence-electron chi connectivity index (χ2n) is 3.18. The number of benzene rings is 1. The van der Waals surface area contributed by atoms with E-state index in [1.807, 2.05) is 6.92 Å². The van der Waals surface area contributed by atoms with Gasteiger partial charge in [0.25, 0.3) is 0 Å². The summed E-state index contributed by atoms with van der Waals surface area (Å²) in [4.78, 5) is 11.3. The first kappa shape index (κ1) is 9.15. The molecule has 0 saturated carbocycles. The molecule has 0 aliphatic carbocycles. The van der Waals surface area contributed by atoms with Crippen molar-refractivity contribution < 1.29 is 4.42 Å². The molecular formula is C9H9ClN2O2. The van der Waals surface area contributed by atoms with Gasteiger partial charge < -0.3 is 10.2 Å². The van der Waals surface area contributed by atoms with Crippen LogP contribution in [0.3, 0.4) is 0 Å². The summed E-state index contributed by atoms with van der Waals surface area (Å²) in [5.74, 6) is -0.435. The molecule has 1 heterocycles. The predicted octanol–water partition coefficient (Wildman–Crippen LogP) is 1.68. The number of nitrogen functional groups attached to an aromatic ring is 1. The average Bonchev–Trinajstić information content (AvgIpc) is 2.41. The van der Waals surface area contributed by atoms with E-state index in [0.29, 0.717) is 21.8 Å². The van der Waals surface area contributed by atoms with E-state index in [2.05, 4.69) is 0 Å². The van der Waals surface area contributed by atoms with E-state index in [-0.39, 0.29) is 0 Å². The van der Waals surface area contributed by atoms with Crippen molar-refractivity contribution in [1.82, 2.24) is 4.57 Å². The lowest BCUT2D eigenvalue weighted by atomic mass is 10.2. The minimum atomic E-state index is -0.435. The van der Waals surface area contributed by atoms with Crippen molar-refractivity contribution in [2.45, 2.75) is 6.92 Å². The van der Waals surface area contributed by atoms with Crippen molar-refractivity contribution in [3.63, 3.8) is 0 Å². The molecule has 2 rings (SSSR count). The number of nitrogens with zero attached hydrogens (tertiary/aromatic N) is 1. The SMILES string of the molecule is Cc1c(N)cc(Cl)c2oc(=O)n(C)c12. The van der Waals surface area contributed by atoms with Gasteiger partial charge in [0, 0.05) is 12.7 Å². The number of oxazole rings is 1. The largest absolute Gasteiger partial charge is 0.419 e. The Morgan fingerprint density at radius 2 is 2.21 bits per heavy atom. The maximum atomic E-state index is 11.3. The smallest absolute Gasteiger partial charge is 0.406 e. The predicted molar refractivity (Wildman–Crippen MR) is 55.6 cm³/mol. The number of aryl methyl sites for hydroxylation is 2. The second-order valence-corrected chi connectivity index (χ2v) is 3.58. The van der Waals surface area contributed by atoms with E-state index < -0.39 is 5.76 Å². The van der Waals surface area contributed by atoms with E-state index in [1.54, 1.807) is 13.1 Å². The van der Waals surface area contributed by atoms with Crippen LogP contribution in [0.25, 0.3) is 11.1 Å². The quantitative estimate of drug-likeness (QED) is 0.676. The fraction of sp³-hybridized carbons (Fsp3) is 0.222. The Hall–Kier alpha value is -1.42. The number of fused-ring (bicyclic) bond motifs is 1. The number of hydrogen-bond acceptors (Lipinski definition) is 3. The van der Waals surface area contributed by atoms with Crippen LogP contribution in [0.2, 0.25) is 5.02 Å². The highest BCUT2D eigenvalue weighted by Crippen LogP contribution is 2.29. The minimum Gasteiger partial charge on any atom is -0.406 e. The first-order valence-electron chi connectivity index (χ1n) is 4.06. The lowest BCUT2D eigenvalue weighted by molar-refractivity contribution is 0.528. The minimum absolute atomic E-state index is 0.362. The van der Waals surface area contributed by atoms with Crippen LogP contribution >= 0.6 is 11.6 Å². The van der Waals surface area contributed by atoms with Gasteiger partial charge in [0.1, 0.15) is 0 Å². The lowest BCUT2D eigenvalue weighted by Gasteiger charge is -2.02. The Labute approximate surface area is 84.9 Å². The third-order valence-electron chi connectivity index (χ3n) is 2.30. The van der Waals surface area contributed by atoms with Gasteiger partial charge in [-0.1, -0.05) is 11.6 Å². The molecule has 0 saturated heterocycles. The van der Waals surface area contributed by atoms with Crippen LogP contribution < -0.4 is 11.5 Å². The van der Waals surface area contributed by atoms with E-state index in [0.717, 1.165) is 5.56 Å². The molecule has 2 aromatic rings.